The molecule has 2 amide bonds. The van der Waals surface area contributed by atoms with Crippen molar-refractivity contribution in [1.82, 2.24) is 9.80 Å². The van der Waals surface area contributed by atoms with Crippen molar-refractivity contribution in [2.75, 3.05) is 32.8 Å². The first-order valence-corrected chi connectivity index (χ1v) is 9.39. The van der Waals surface area contributed by atoms with Crippen molar-refractivity contribution < 1.29 is 18.7 Å². The van der Waals surface area contributed by atoms with Crippen molar-refractivity contribution in [3.63, 3.8) is 0 Å². The Balaban J connectivity index is 1.66. The molecule has 2 aliphatic rings. The minimum atomic E-state index is -0.359. The van der Waals surface area contributed by atoms with Gasteiger partial charge in [0.2, 0.25) is 5.91 Å². The van der Waals surface area contributed by atoms with Crippen LogP contribution in [0.25, 0.3) is 0 Å². The van der Waals surface area contributed by atoms with Crippen molar-refractivity contribution in [2.24, 2.45) is 11.8 Å². The molecule has 26 heavy (non-hydrogen) atoms. The summed E-state index contributed by atoms with van der Waals surface area (Å²) >= 11 is 0. The molecular weight excluding hydrogens is 335 g/mol. The Labute approximate surface area is 154 Å². The van der Waals surface area contributed by atoms with Gasteiger partial charge >= 0.3 is 0 Å². The summed E-state index contributed by atoms with van der Waals surface area (Å²) in [6.07, 6.45) is 1.79. The number of amides is 2. The second-order valence-corrected chi connectivity index (χ2v) is 7.66. The molecule has 2 fully saturated rings. The lowest BCUT2D eigenvalue weighted by atomic mass is 10.1. The summed E-state index contributed by atoms with van der Waals surface area (Å²) in [6.45, 7) is 6.78. The molecular formula is C20H27FN2O3. The average molecular weight is 362 g/mol. The summed E-state index contributed by atoms with van der Waals surface area (Å²) in [5.41, 5.74) is 0.466. The standard InChI is InChI=1S/C20H27FN2O3/c1-14(2)11-23(20(25)16-5-7-17(21)8-6-16)13-18-12-22(9-10-26-18)19(24)15-3-4-15/h5-8,14-15,18H,3-4,9-13H2,1-2H3. The zero-order valence-electron chi connectivity index (χ0n) is 15.5. The number of carbonyl (C=O) groups excluding carboxylic acids is 2. The highest BCUT2D eigenvalue weighted by Gasteiger charge is 2.36. The molecule has 0 spiro atoms. The molecule has 6 heteroatoms. The minimum Gasteiger partial charge on any atom is -0.373 e. The van der Waals surface area contributed by atoms with E-state index in [1.165, 1.54) is 24.3 Å². The van der Waals surface area contributed by atoms with E-state index in [0.29, 0.717) is 44.3 Å². The van der Waals surface area contributed by atoms with Crippen LogP contribution in [0.4, 0.5) is 4.39 Å². The maximum absolute atomic E-state index is 13.1. The van der Waals surface area contributed by atoms with Crippen LogP contribution in [0.2, 0.25) is 0 Å². The van der Waals surface area contributed by atoms with Crippen LogP contribution in [0, 0.1) is 17.7 Å². The predicted octanol–water partition coefficient (Wildman–Crippen LogP) is 2.56. The Hall–Kier alpha value is -1.95. The first-order chi connectivity index (χ1) is 12.4. The molecule has 1 aliphatic heterocycles. The number of carbonyl (C=O) groups is 2. The SMILES string of the molecule is CC(C)CN(CC1CN(C(=O)C2CC2)CCO1)C(=O)c1ccc(F)cc1. The number of ether oxygens (including phenoxy) is 1. The van der Waals surface area contributed by atoms with Crippen LogP contribution in [0.5, 0.6) is 0 Å². The second-order valence-electron chi connectivity index (χ2n) is 7.66. The topological polar surface area (TPSA) is 49.9 Å². The third kappa shape index (κ3) is 4.81. The third-order valence-corrected chi connectivity index (χ3v) is 4.76. The van der Waals surface area contributed by atoms with Gasteiger partial charge in [-0.2, -0.15) is 0 Å². The summed E-state index contributed by atoms with van der Waals surface area (Å²) in [6, 6.07) is 5.62. The van der Waals surface area contributed by atoms with Gasteiger partial charge in [0.1, 0.15) is 5.82 Å². The Morgan fingerprint density at radius 3 is 2.58 bits per heavy atom. The molecule has 0 radical (unpaired) electrons. The van der Waals surface area contributed by atoms with Crippen LogP contribution in [-0.2, 0) is 9.53 Å². The Kier molecular flexibility index (Phi) is 5.91. The van der Waals surface area contributed by atoms with E-state index >= 15 is 0 Å². The van der Waals surface area contributed by atoms with Gasteiger partial charge < -0.3 is 14.5 Å². The summed E-state index contributed by atoms with van der Waals surface area (Å²) in [5, 5.41) is 0. The number of halogens is 1. The summed E-state index contributed by atoms with van der Waals surface area (Å²) < 4.78 is 19.0. The predicted molar refractivity (Wildman–Crippen MR) is 96.2 cm³/mol. The first-order valence-electron chi connectivity index (χ1n) is 9.39. The van der Waals surface area contributed by atoms with Crippen molar-refractivity contribution in [1.29, 1.82) is 0 Å². The van der Waals surface area contributed by atoms with E-state index in [4.69, 9.17) is 4.74 Å². The highest BCUT2D eigenvalue weighted by molar-refractivity contribution is 5.94. The van der Waals surface area contributed by atoms with Crippen molar-refractivity contribution in [2.45, 2.75) is 32.8 Å². The molecule has 1 saturated carbocycles. The van der Waals surface area contributed by atoms with E-state index in [1.807, 2.05) is 4.90 Å². The Morgan fingerprint density at radius 2 is 1.96 bits per heavy atom. The van der Waals surface area contributed by atoms with E-state index < -0.39 is 0 Å². The maximum atomic E-state index is 13.1. The van der Waals surface area contributed by atoms with E-state index in [1.54, 1.807) is 4.90 Å². The van der Waals surface area contributed by atoms with Crippen LogP contribution >= 0.6 is 0 Å². The number of hydrogen-bond donors (Lipinski definition) is 0. The molecule has 5 nitrogen and oxygen atoms in total. The molecule has 1 aromatic rings. The fraction of sp³-hybridized carbons (Fsp3) is 0.600. The minimum absolute atomic E-state index is 0.132. The molecule has 1 unspecified atom stereocenters. The van der Waals surface area contributed by atoms with Crippen LogP contribution < -0.4 is 0 Å². The molecule has 3 rings (SSSR count). The zero-order chi connectivity index (χ0) is 18.7. The molecule has 142 valence electrons. The average Bonchev–Trinajstić information content (AvgIpc) is 3.45. The molecule has 1 aliphatic carbocycles. The van der Waals surface area contributed by atoms with Crippen molar-refractivity contribution in [3.05, 3.63) is 35.6 Å². The Bertz CT molecular complexity index is 643. The molecule has 0 aromatic heterocycles. The zero-order valence-corrected chi connectivity index (χ0v) is 15.5. The highest BCUT2D eigenvalue weighted by atomic mass is 19.1. The molecule has 1 atom stereocenters. The molecule has 1 aromatic carbocycles. The van der Waals surface area contributed by atoms with Crippen LogP contribution in [0.3, 0.4) is 0 Å². The molecule has 0 bridgehead atoms. The van der Waals surface area contributed by atoms with Gasteiger partial charge in [-0.3, -0.25) is 9.59 Å². The quantitative estimate of drug-likeness (QED) is 0.781. The van der Waals surface area contributed by atoms with Gasteiger partial charge in [0.25, 0.3) is 5.91 Å². The maximum Gasteiger partial charge on any atom is 0.253 e. The smallest absolute Gasteiger partial charge is 0.253 e. The van der Waals surface area contributed by atoms with Gasteiger partial charge in [0.05, 0.1) is 12.7 Å². The van der Waals surface area contributed by atoms with Gasteiger partial charge in [-0.1, -0.05) is 13.8 Å². The second kappa shape index (κ2) is 8.16. The summed E-state index contributed by atoms with van der Waals surface area (Å²) in [5.74, 6) is 0.224. The van der Waals surface area contributed by atoms with Crippen molar-refractivity contribution in [3.8, 4) is 0 Å². The van der Waals surface area contributed by atoms with Gasteiger partial charge in [0.15, 0.2) is 0 Å². The fourth-order valence-corrected chi connectivity index (χ4v) is 3.32. The van der Waals surface area contributed by atoms with Gasteiger partial charge in [-0.15, -0.1) is 0 Å². The van der Waals surface area contributed by atoms with Gasteiger partial charge in [-0.05, 0) is 43.0 Å². The lowest BCUT2D eigenvalue weighted by Gasteiger charge is -2.36. The van der Waals surface area contributed by atoms with Crippen LogP contribution in [0.15, 0.2) is 24.3 Å². The van der Waals surface area contributed by atoms with Gasteiger partial charge in [0, 0.05) is 37.7 Å². The lowest BCUT2D eigenvalue weighted by molar-refractivity contribution is -0.140. The van der Waals surface area contributed by atoms with E-state index in [-0.39, 0.29) is 29.7 Å². The number of nitrogens with zero attached hydrogens (tertiary/aromatic N) is 2. The largest absolute Gasteiger partial charge is 0.373 e. The van der Waals surface area contributed by atoms with Crippen LogP contribution in [-0.4, -0.2) is 60.5 Å². The third-order valence-electron chi connectivity index (χ3n) is 4.76. The summed E-state index contributed by atoms with van der Waals surface area (Å²) in [4.78, 5) is 28.8. The number of benzene rings is 1. The monoisotopic (exact) mass is 362 g/mol. The van der Waals surface area contributed by atoms with Crippen LogP contribution in [0.1, 0.15) is 37.0 Å². The van der Waals surface area contributed by atoms with E-state index in [9.17, 15) is 14.0 Å². The highest BCUT2D eigenvalue weighted by Crippen LogP contribution is 2.31. The summed E-state index contributed by atoms with van der Waals surface area (Å²) in [7, 11) is 0. The van der Waals surface area contributed by atoms with E-state index in [2.05, 4.69) is 13.8 Å². The fourth-order valence-electron chi connectivity index (χ4n) is 3.32. The van der Waals surface area contributed by atoms with Crippen molar-refractivity contribution >= 4 is 11.8 Å². The first kappa shape index (κ1) is 18.8. The van der Waals surface area contributed by atoms with E-state index in [0.717, 1.165) is 12.8 Å². The van der Waals surface area contributed by atoms with Gasteiger partial charge in [-0.25, -0.2) is 4.39 Å². The molecule has 1 heterocycles. The lowest BCUT2D eigenvalue weighted by Crippen LogP contribution is -2.51. The number of morpholine rings is 1. The number of rotatable bonds is 6. The normalized spacial score (nSPS) is 20.3. The molecule has 0 N–H and O–H groups in total. The Morgan fingerprint density at radius 1 is 1.27 bits per heavy atom. The molecule has 1 saturated heterocycles. The number of hydrogen-bond acceptors (Lipinski definition) is 3.